The SMILES string of the molecule is Cc1cnc(C(=O)N2CCN(Cc3ccccc3)C(=O)C2Cc2nc(C)no2)cn1. The molecule has 0 bridgehead atoms. The fraction of sp³-hybridized carbons (Fsp3) is 0.333. The zero-order chi connectivity index (χ0) is 21.1. The molecule has 3 heterocycles. The second kappa shape index (κ2) is 8.40. The molecule has 2 amide bonds. The molecule has 0 N–H and O–H groups in total. The first-order chi connectivity index (χ1) is 14.5. The van der Waals surface area contributed by atoms with E-state index in [-0.39, 0.29) is 23.9 Å². The average Bonchev–Trinajstić information content (AvgIpc) is 3.16. The number of aryl methyl sites for hydroxylation is 2. The summed E-state index contributed by atoms with van der Waals surface area (Å²) in [6.45, 7) is 4.80. The molecule has 0 radical (unpaired) electrons. The molecule has 1 aliphatic heterocycles. The van der Waals surface area contributed by atoms with Gasteiger partial charge in [0.2, 0.25) is 11.8 Å². The Kier molecular flexibility index (Phi) is 5.51. The highest BCUT2D eigenvalue weighted by Crippen LogP contribution is 2.20. The molecule has 1 fully saturated rings. The molecular formula is C21H22N6O3. The van der Waals surface area contributed by atoms with Crippen LogP contribution in [0, 0.1) is 13.8 Å². The molecule has 1 aromatic carbocycles. The predicted octanol–water partition coefficient (Wildman–Crippen LogP) is 1.57. The molecule has 1 aliphatic rings. The topological polar surface area (TPSA) is 105 Å². The van der Waals surface area contributed by atoms with Crippen molar-refractivity contribution in [3.8, 4) is 0 Å². The molecule has 154 valence electrons. The van der Waals surface area contributed by atoms with E-state index in [4.69, 9.17) is 4.52 Å². The minimum absolute atomic E-state index is 0.149. The van der Waals surface area contributed by atoms with Crippen LogP contribution >= 0.6 is 0 Å². The molecule has 3 aromatic rings. The Morgan fingerprint density at radius 1 is 1.13 bits per heavy atom. The average molecular weight is 406 g/mol. The van der Waals surface area contributed by atoms with Crippen molar-refractivity contribution in [2.24, 2.45) is 0 Å². The number of carbonyl (C=O) groups excluding carboxylic acids is 2. The van der Waals surface area contributed by atoms with E-state index in [1.807, 2.05) is 30.3 Å². The standard InChI is InChI=1S/C21H22N6O3/c1-14-11-23-17(12-22-14)20(28)27-9-8-26(13-16-6-4-3-5-7-16)21(29)18(27)10-19-24-15(2)25-30-19/h3-7,11-12,18H,8-10,13H2,1-2H3. The summed E-state index contributed by atoms with van der Waals surface area (Å²) in [5.41, 5.74) is 1.95. The molecular weight excluding hydrogens is 384 g/mol. The third-order valence-electron chi connectivity index (χ3n) is 5.00. The van der Waals surface area contributed by atoms with Crippen molar-refractivity contribution in [1.82, 2.24) is 29.9 Å². The first-order valence-corrected chi connectivity index (χ1v) is 9.73. The van der Waals surface area contributed by atoms with Crippen LogP contribution < -0.4 is 0 Å². The highest BCUT2D eigenvalue weighted by Gasteiger charge is 2.39. The number of piperazine rings is 1. The molecule has 2 aromatic heterocycles. The number of amides is 2. The summed E-state index contributed by atoms with van der Waals surface area (Å²) < 4.78 is 5.22. The zero-order valence-corrected chi connectivity index (χ0v) is 16.9. The van der Waals surface area contributed by atoms with Gasteiger partial charge in [0.05, 0.1) is 18.3 Å². The van der Waals surface area contributed by atoms with Gasteiger partial charge >= 0.3 is 0 Å². The molecule has 30 heavy (non-hydrogen) atoms. The Labute approximate surface area is 173 Å². The van der Waals surface area contributed by atoms with Gasteiger partial charge in [0, 0.05) is 25.8 Å². The lowest BCUT2D eigenvalue weighted by molar-refractivity contribution is -0.141. The Bertz CT molecular complexity index is 1030. The largest absolute Gasteiger partial charge is 0.339 e. The van der Waals surface area contributed by atoms with Gasteiger partial charge in [0.1, 0.15) is 11.7 Å². The van der Waals surface area contributed by atoms with E-state index in [1.54, 1.807) is 18.7 Å². The minimum Gasteiger partial charge on any atom is -0.339 e. The van der Waals surface area contributed by atoms with Gasteiger partial charge in [-0.25, -0.2) is 4.98 Å². The molecule has 9 heteroatoms. The second-order valence-electron chi connectivity index (χ2n) is 7.24. The van der Waals surface area contributed by atoms with Gasteiger partial charge in [0.25, 0.3) is 5.91 Å². The molecule has 4 rings (SSSR count). The fourth-order valence-electron chi connectivity index (χ4n) is 3.48. The number of rotatable bonds is 5. The van der Waals surface area contributed by atoms with Crippen molar-refractivity contribution < 1.29 is 14.1 Å². The molecule has 1 unspecified atom stereocenters. The van der Waals surface area contributed by atoms with Gasteiger partial charge in [-0.05, 0) is 19.4 Å². The summed E-state index contributed by atoms with van der Waals surface area (Å²) in [6, 6.07) is 9.01. The van der Waals surface area contributed by atoms with E-state index in [1.165, 1.54) is 17.3 Å². The number of hydrogen-bond donors (Lipinski definition) is 0. The number of benzene rings is 1. The van der Waals surface area contributed by atoms with Crippen molar-refractivity contribution in [2.75, 3.05) is 13.1 Å². The zero-order valence-electron chi connectivity index (χ0n) is 16.9. The molecule has 0 saturated carbocycles. The van der Waals surface area contributed by atoms with Gasteiger partial charge in [-0.3, -0.25) is 14.6 Å². The van der Waals surface area contributed by atoms with E-state index < -0.39 is 6.04 Å². The van der Waals surface area contributed by atoms with Gasteiger partial charge in [-0.1, -0.05) is 35.5 Å². The van der Waals surface area contributed by atoms with Crippen LogP contribution in [0.1, 0.15) is 33.5 Å². The van der Waals surface area contributed by atoms with Crippen LogP contribution in [0.25, 0.3) is 0 Å². The fourth-order valence-corrected chi connectivity index (χ4v) is 3.48. The Morgan fingerprint density at radius 3 is 2.60 bits per heavy atom. The van der Waals surface area contributed by atoms with Crippen molar-refractivity contribution in [3.63, 3.8) is 0 Å². The molecule has 9 nitrogen and oxygen atoms in total. The minimum atomic E-state index is -0.752. The van der Waals surface area contributed by atoms with E-state index in [0.29, 0.717) is 37.0 Å². The van der Waals surface area contributed by atoms with Gasteiger partial charge < -0.3 is 14.3 Å². The summed E-state index contributed by atoms with van der Waals surface area (Å²) in [4.78, 5) is 42.3. The number of aromatic nitrogens is 4. The van der Waals surface area contributed by atoms with Crippen LogP contribution in [-0.4, -0.2) is 60.9 Å². The van der Waals surface area contributed by atoms with Gasteiger partial charge in [0.15, 0.2) is 5.82 Å². The quantitative estimate of drug-likeness (QED) is 0.633. The van der Waals surface area contributed by atoms with Crippen LogP contribution in [0.15, 0.2) is 47.2 Å². The van der Waals surface area contributed by atoms with Crippen LogP contribution in [0.5, 0.6) is 0 Å². The van der Waals surface area contributed by atoms with Crippen molar-refractivity contribution in [2.45, 2.75) is 32.9 Å². The van der Waals surface area contributed by atoms with Crippen molar-refractivity contribution >= 4 is 11.8 Å². The Hall–Kier alpha value is -3.62. The smallest absolute Gasteiger partial charge is 0.274 e. The van der Waals surface area contributed by atoms with E-state index in [0.717, 1.165) is 5.56 Å². The van der Waals surface area contributed by atoms with Crippen LogP contribution in [0.2, 0.25) is 0 Å². The van der Waals surface area contributed by atoms with E-state index in [2.05, 4.69) is 20.1 Å². The normalized spacial score (nSPS) is 16.7. The Morgan fingerprint density at radius 2 is 1.93 bits per heavy atom. The maximum absolute atomic E-state index is 13.3. The van der Waals surface area contributed by atoms with Crippen LogP contribution in [0.3, 0.4) is 0 Å². The molecule has 0 spiro atoms. The summed E-state index contributed by atoms with van der Waals surface area (Å²) in [5.74, 6) is 0.308. The first kappa shape index (κ1) is 19.7. The lowest BCUT2D eigenvalue weighted by Crippen LogP contribution is -2.59. The van der Waals surface area contributed by atoms with Crippen LogP contribution in [-0.2, 0) is 17.8 Å². The highest BCUT2D eigenvalue weighted by atomic mass is 16.5. The predicted molar refractivity (Wildman–Crippen MR) is 106 cm³/mol. The van der Waals surface area contributed by atoms with Gasteiger partial charge in [-0.2, -0.15) is 4.98 Å². The second-order valence-corrected chi connectivity index (χ2v) is 7.24. The third-order valence-corrected chi connectivity index (χ3v) is 5.00. The number of nitrogens with zero attached hydrogens (tertiary/aromatic N) is 6. The van der Waals surface area contributed by atoms with E-state index >= 15 is 0 Å². The summed E-state index contributed by atoms with van der Waals surface area (Å²) in [7, 11) is 0. The lowest BCUT2D eigenvalue weighted by Gasteiger charge is -2.40. The summed E-state index contributed by atoms with van der Waals surface area (Å²) >= 11 is 0. The highest BCUT2D eigenvalue weighted by molar-refractivity contribution is 5.96. The van der Waals surface area contributed by atoms with Gasteiger partial charge in [-0.15, -0.1) is 0 Å². The van der Waals surface area contributed by atoms with Crippen molar-refractivity contribution in [1.29, 1.82) is 0 Å². The van der Waals surface area contributed by atoms with Crippen molar-refractivity contribution in [3.05, 3.63) is 71.4 Å². The first-order valence-electron chi connectivity index (χ1n) is 9.73. The Balaban J connectivity index is 1.59. The third kappa shape index (κ3) is 4.19. The molecule has 0 aliphatic carbocycles. The lowest BCUT2D eigenvalue weighted by atomic mass is 10.1. The number of hydrogen-bond acceptors (Lipinski definition) is 7. The maximum atomic E-state index is 13.3. The maximum Gasteiger partial charge on any atom is 0.274 e. The van der Waals surface area contributed by atoms with E-state index in [9.17, 15) is 9.59 Å². The number of carbonyl (C=O) groups is 2. The van der Waals surface area contributed by atoms with Crippen LogP contribution in [0.4, 0.5) is 0 Å². The summed E-state index contributed by atoms with van der Waals surface area (Å²) in [5, 5.41) is 3.79. The molecule has 1 atom stereocenters. The summed E-state index contributed by atoms with van der Waals surface area (Å²) in [6.07, 6.45) is 3.12. The molecule has 1 saturated heterocycles. The monoisotopic (exact) mass is 406 g/mol.